The fourth-order valence-corrected chi connectivity index (χ4v) is 3.86. The second-order valence-electron chi connectivity index (χ2n) is 6.16. The Morgan fingerprint density at radius 2 is 2.00 bits per heavy atom. The zero-order chi connectivity index (χ0) is 13.2. The molecule has 2 heteroatoms. The van der Waals surface area contributed by atoms with Gasteiger partial charge in [0.05, 0.1) is 13.2 Å². The Labute approximate surface area is 116 Å². The first kappa shape index (κ1) is 13.1. The molecule has 0 amide bonds. The molecule has 1 aliphatic heterocycles. The summed E-state index contributed by atoms with van der Waals surface area (Å²) < 4.78 is 5.50. The van der Waals surface area contributed by atoms with E-state index >= 15 is 0 Å². The van der Waals surface area contributed by atoms with Crippen LogP contribution >= 0.6 is 0 Å². The molecule has 2 aliphatic rings. The molecule has 0 radical (unpaired) electrons. The smallest absolute Gasteiger partial charge is 0.0725 e. The molecule has 1 saturated carbocycles. The Kier molecular flexibility index (Phi) is 3.90. The van der Waals surface area contributed by atoms with Crippen LogP contribution in [0.2, 0.25) is 0 Å². The first-order valence-electron chi connectivity index (χ1n) is 7.74. The Hall–Kier alpha value is -0.860. The fraction of sp³-hybridized carbons (Fsp3) is 0.647. The fourth-order valence-electron chi connectivity index (χ4n) is 3.86. The van der Waals surface area contributed by atoms with E-state index in [0.29, 0.717) is 5.92 Å². The van der Waals surface area contributed by atoms with Gasteiger partial charge in [-0.15, -0.1) is 0 Å². The maximum atomic E-state index is 6.59. The highest BCUT2D eigenvalue weighted by atomic mass is 16.5. The molecule has 2 N–H and O–H groups in total. The number of rotatable bonds is 3. The van der Waals surface area contributed by atoms with Crippen LogP contribution in [-0.2, 0) is 18.0 Å². The van der Waals surface area contributed by atoms with Gasteiger partial charge in [0.15, 0.2) is 0 Å². The summed E-state index contributed by atoms with van der Waals surface area (Å²) in [5.74, 6) is 1.48. The summed E-state index contributed by atoms with van der Waals surface area (Å²) in [7, 11) is 0. The highest BCUT2D eigenvalue weighted by Gasteiger charge is 2.30. The van der Waals surface area contributed by atoms with Gasteiger partial charge < -0.3 is 10.5 Å². The highest BCUT2D eigenvalue weighted by molar-refractivity contribution is 5.34. The van der Waals surface area contributed by atoms with Crippen LogP contribution in [0, 0.1) is 11.8 Å². The minimum absolute atomic E-state index is 0.205. The maximum absolute atomic E-state index is 6.59. The molecule has 3 atom stereocenters. The summed E-state index contributed by atoms with van der Waals surface area (Å²) in [4.78, 5) is 0. The predicted molar refractivity (Wildman–Crippen MR) is 77.6 cm³/mol. The molecule has 0 saturated heterocycles. The first-order chi connectivity index (χ1) is 9.29. The van der Waals surface area contributed by atoms with Gasteiger partial charge in [0.1, 0.15) is 0 Å². The van der Waals surface area contributed by atoms with E-state index < -0.39 is 0 Å². The average Bonchev–Trinajstić information content (AvgIpc) is 2.93. The molecule has 104 valence electrons. The molecule has 0 aromatic heterocycles. The quantitative estimate of drug-likeness (QED) is 0.892. The van der Waals surface area contributed by atoms with E-state index in [-0.39, 0.29) is 6.04 Å². The molecular formula is C17H25NO. The summed E-state index contributed by atoms with van der Waals surface area (Å²) in [6.07, 6.45) is 6.67. The molecule has 1 aromatic rings. The summed E-state index contributed by atoms with van der Waals surface area (Å²) >= 11 is 0. The molecular weight excluding hydrogens is 234 g/mol. The van der Waals surface area contributed by atoms with Gasteiger partial charge in [0.2, 0.25) is 0 Å². The van der Waals surface area contributed by atoms with Gasteiger partial charge in [-0.2, -0.15) is 0 Å². The second-order valence-corrected chi connectivity index (χ2v) is 6.16. The lowest BCUT2D eigenvalue weighted by atomic mass is 9.72. The van der Waals surface area contributed by atoms with Gasteiger partial charge in [-0.1, -0.05) is 50.8 Å². The molecule has 1 aromatic carbocycles. The third-order valence-corrected chi connectivity index (χ3v) is 5.08. The SMILES string of the molecule is CCC1CCCCC1C(N)c1ccc2c(c1)COC2. The van der Waals surface area contributed by atoms with Crippen LogP contribution < -0.4 is 5.73 Å². The van der Waals surface area contributed by atoms with E-state index in [9.17, 15) is 0 Å². The lowest BCUT2D eigenvalue weighted by molar-refractivity contribution is 0.134. The molecule has 0 bridgehead atoms. The Morgan fingerprint density at radius 1 is 1.21 bits per heavy atom. The number of hydrogen-bond acceptors (Lipinski definition) is 2. The standard InChI is InChI=1S/C17H25NO/c1-2-12-5-3-4-6-16(12)17(18)13-7-8-14-10-19-11-15(14)9-13/h7-9,12,16-17H,2-6,10-11,18H2,1H3. The molecule has 0 spiro atoms. The zero-order valence-corrected chi connectivity index (χ0v) is 11.9. The first-order valence-corrected chi connectivity index (χ1v) is 7.74. The Bertz CT molecular complexity index is 443. The van der Waals surface area contributed by atoms with Crippen molar-refractivity contribution < 1.29 is 4.74 Å². The number of hydrogen-bond donors (Lipinski definition) is 1. The summed E-state index contributed by atoms with van der Waals surface area (Å²) in [6, 6.07) is 6.92. The van der Waals surface area contributed by atoms with Gasteiger partial charge in [-0.25, -0.2) is 0 Å². The van der Waals surface area contributed by atoms with Crippen molar-refractivity contribution in [2.75, 3.05) is 0 Å². The van der Waals surface area contributed by atoms with E-state index in [1.807, 2.05) is 0 Å². The molecule has 3 unspecified atom stereocenters. The van der Waals surface area contributed by atoms with Crippen LogP contribution in [0.15, 0.2) is 18.2 Å². The summed E-state index contributed by atoms with van der Waals surface area (Å²) in [6.45, 7) is 3.84. The van der Waals surface area contributed by atoms with Gasteiger partial charge in [0.25, 0.3) is 0 Å². The van der Waals surface area contributed by atoms with Crippen LogP contribution in [0.3, 0.4) is 0 Å². The second kappa shape index (κ2) is 5.64. The molecule has 1 heterocycles. The molecule has 19 heavy (non-hydrogen) atoms. The van der Waals surface area contributed by atoms with Crippen LogP contribution in [0.4, 0.5) is 0 Å². The average molecular weight is 259 g/mol. The largest absolute Gasteiger partial charge is 0.372 e. The molecule has 1 fully saturated rings. The van der Waals surface area contributed by atoms with Gasteiger partial charge in [0, 0.05) is 6.04 Å². The van der Waals surface area contributed by atoms with Crippen molar-refractivity contribution in [1.82, 2.24) is 0 Å². The third-order valence-electron chi connectivity index (χ3n) is 5.08. The van der Waals surface area contributed by atoms with E-state index in [1.54, 1.807) is 0 Å². The van der Waals surface area contributed by atoms with Crippen molar-refractivity contribution in [3.8, 4) is 0 Å². The van der Waals surface area contributed by atoms with Gasteiger partial charge in [-0.05, 0) is 34.9 Å². The number of fused-ring (bicyclic) bond motifs is 1. The normalized spacial score (nSPS) is 28.1. The van der Waals surface area contributed by atoms with Gasteiger partial charge >= 0.3 is 0 Å². The lowest BCUT2D eigenvalue weighted by Crippen LogP contribution is -2.30. The predicted octanol–water partition coefficient (Wildman–Crippen LogP) is 3.93. The van der Waals surface area contributed by atoms with Crippen molar-refractivity contribution in [3.05, 3.63) is 34.9 Å². The van der Waals surface area contributed by atoms with E-state index in [0.717, 1.165) is 19.1 Å². The van der Waals surface area contributed by atoms with Crippen LogP contribution in [-0.4, -0.2) is 0 Å². The van der Waals surface area contributed by atoms with Crippen LogP contribution in [0.25, 0.3) is 0 Å². The molecule has 1 aliphatic carbocycles. The Morgan fingerprint density at radius 3 is 2.84 bits per heavy atom. The number of benzene rings is 1. The highest BCUT2D eigenvalue weighted by Crippen LogP contribution is 2.39. The minimum Gasteiger partial charge on any atom is -0.372 e. The van der Waals surface area contributed by atoms with Crippen molar-refractivity contribution in [1.29, 1.82) is 0 Å². The number of ether oxygens (including phenoxy) is 1. The minimum atomic E-state index is 0.205. The summed E-state index contributed by atoms with van der Waals surface area (Å²) in [5, 5.41) is 0. The van der Waals surface area contributed by atoms with Crippen molar-refractivity contribution >= 4 is 0 Å². The maximum Gasteiger partial charge on any atom is 0.0725 e. The number of nitrogens with two attached hydrogens (primary N) is 1. The van der Waals surface area contributed by atoms with Crippen LogP contribution in [0.1, 0.15) is 61.8 Å². The Balaban J connectivity index is 1.80. The zero-order valence-electron chi connectivity index (χ0n) is 11.9. The van der Waals surface area contributed by atoms with Crippen molar-refractivity contribution in [2.45, 2.75) is 58.3 Å². The third kappa shape index (κ3) is 2.56. The van der Waals surface area contributed by atoms with Crippen LogP contribution in [0.5, 0.6) is 0 Å². The molecule has 2 nitrogen and oxygen atoms in total. The topological polar surface area (TPSA) is 35.2 Å². The lowest BCUT2D eigenvalue weighted by Gasteiger charge is -2.35. The van der Waals surface area contributed by atoms with Gasteiger partial charge in [-0.3, -0.25) is 0 Å². The molecule has 3 rings (SSSR count). The van der Waals surface area contributed by atoms with Crippen molar-refractivity contribution in [2.24, 2.45) is 17.6 Å². The van der Waals surface area contributed by atoms with Crippen molar-refractivity contribution in [3.63, 3.8) is 0 Å². The van der Waals surface area contributed by atoms with E-state index in [1.165, 1.54) is 48.8 Å². The van der Waals surface area contributed by atoms with E-state index in [4.69, 9.17) is 10.5 Å². The van der Waals surface area contributed by atoms with E-state index in [2.05, 4.69) is 25.1 Å². The summed E-state index contributed by atoms with van der Waals surface area (Å²) in [5.41, 5.74) is 10.6. The monoisotopic (exact) mass is 259 g/mol.